The summed E-state index contributed by atoms with van der Waals surface area (Å²) in [5, 5.41) is 14.6. The average molecular weight is 300 g/mol. The fourth-order valence-electron chi connectivity index (χ4n) is 1.14. The van der Waals surface area contributed by atoms with Crippen LogP contribution in [-0.4, -0.2) is 34.4 Å². The second kappa shape index (κ2) is 8.16. The number of carbonyl (C=O) groups is 1. The Kier molecular flexibility index (Phi) is 6.86. The summed E-state index contributed by atoms with van der Waals surface area (Å²) in [5.41, 5.74) is 0. The van der Waals surface area contributed by atoms with Crippen LogP contribution in [0.5, 0.6) is 0 Å². The minimum atomic E-state index is -0.168. The quantitative estimate of drug-likeness (QED) is 0.570. The molecule has 2 N–H and O–H groups in total. The topological polar surface area (TPSA) is 66.9 Å². The third kappa shape index (κ3) is 6.07. The lowest BCUT2D eigenvalue weighted by molar-refractivity contribution is -0.120. The Labute approximate surface area is 122 Å². The maximum Gasteiger partial charge on any atom is 0.233 e. The summed E-state index contributed by atoms with van der Waals surface area (Å²) in [6, 6.07) is 0. The number of anilines is 1. The molecule has 0 aromatic carbocycles. The summed E-state index contributed by atoms with van der Waals surface area (Å²) in [6.07, 6.45) is 1.76. The van der Waals surface area contributed by atoms with Gasteiger partial charge >= 0.3 is 0 Å². The Hall–Kier alpha value is -1.08. The van der Waals surface area contributed by atoms with Gasteiger partial charge in [-0.2, -0.15) is 0 Å². The monoisotopic (exact) mass is 300 g/mol. The molecular weight excluding hydrogens is 280 g/mol. The van der Waals surface area contributed by atoms with E-state index >= 15 is 0 Å². The second-order valence-electron chi connectivity index (χ2n) is 4.44. The van der Waals surface area contributed by atoms with Crippen LogP contribution < -0.4 is 10.6 Å². The Morgan fingerprint density at radius 1 is 1.47 bits per heavy atom. The molecule has 0 saturated heterocycles. The molecule has 1 rings (SSSR count). The summed E-state index contributed by atoms with van der Waals surface area (Å²) in [5.74, 6) is 0.492. The second-order valence-corrected chi connectivity index (χ2v) is 7.01. The summed E-state index contributed by atoms with van der Waals surface area (Å²) in [6.45, 7) is 11.0. The molecule has 1 heterocycles. The van der Waals surface area contributed by atoms with Crippen molar-refractivity contribution in [3.8, 4) is 0 Å². The van der Waals surface area contributed by atoms with E-state index in [4.69, 9.17) is 0 Å². The zero-order valence-electron chi connectivity index (χ0n) is 11.5. The van der Waals surface area contributed by atoms with E-state index in [1.54, 1.807) is 6.08 Å². The van der Waals surface area contributed by atoms with E-state index in [2.05, 4.69) is 41.3 Å². The number of nitrogens with zero attached hydrogens (tertiary/aromatic N) is 2. The molecule has 0 aliphatic rings. The van der Waals surface area contributed by atoms with Crippen LogP contribution in [0.25, 0.3) is 0 Å². The molecule has 1 aromatic heterocycles. The van der Waals surface area contributed by atoms with Gasteiger partial charge < -0.3 is 10.6 Å². The lowest BCUT2D eigenvalue weighted by Gasteiger charge is -2.11. The van der Waals surface area contributed by atoms with Crippen LogP contribution in [0.3, 0.4) is 0 Å². The molecular formula is C12H20N4OS2. The SMILES string of the molecule is C=CCNc1nnc(SC(C)C(=O)NCC(C)C)s1. The van der Waals surface area contributed by atoms with Crippen molar-refractivity contribution in [3.05, 3.63) is 12.7 Å². The van der Waals surface area contributed by atoms with Crippen molar-refractivity contribution in [2.45, 2.75) is 30.4 Å². The first-order valence-corrected chi connectivity index (χ1v) is 7.85. The van der Waals surface area contributed by atoms with Gasteiger partial charge in [0.2, 0.25) is 11.0 Å². The van der Waals surface area contributed by atoms with E-state index in [1.807, 2.05) is 6.92 Å². The van der Waals surface area contributed by atoms with Crippen LogP contribution in [0.2, 0.25) is 0 Å². The summed E-state index contributed by atoms with van der Waals surface area (Å²) >= 11 is 2.87. The van der Waals surface area contributed by atoms with E-state index in [9.17, 15) is 4.79 Å². The van der Waals surface area contributed by atoms with Crippen molar-refractivity contribution >= 4 is 34.1 Å². The van der Waals surface area contributed by atoms with Crippen molar-refractivity contribution in [1.82, 2.24) is 15.5 Å². The summed E-state index contributed by atoms with van der Waals surface area (Å²) in [7, 11) is 0. The lowest BCUT2D eigenvalue weighted by Crippen LogP contribution is -2.33. The van der Waals surface area contributed by atoms with E-state index in [-0.39, 0.29) is 11.2 Å². The van der Waals surface area contributed by atoms with Crippen molar-refractivity contribution in [1.29, 1.82) is 0 Å². The molecule has 0 spiro atoms. The molecule has 106 valence electrons. The maximum atomic E-state index is 11.8. The molecule has 0 saturated carbocycles. The van der Waals surface area contributed by atoms with E-state index in [0.717, 1.165) is 9.47 Å². The molecule has 1 atom stereocenters. The molecule has 0 aliphatic carbocycles. The first kappa shape index (κ1) is 16.0. The highest BCUT2D eigenvalue weighted by molar-refractivity contribution is 8.02. The minimum absolute atomic E-state index is 0.0366. The fourth-order valence-corrected chi connectivity index (χ4v) is 3.07. The zero-order chi connectivity index (χ0) is 14.3. The van der Waals surface area contributed by atoms with Crippen molar-refractivity contribution in [3.63, 3.8) is 0 Å². The van der Waals surface area contributed by atoms with Crippen LogP contribution in [0.4, 0.5) is 5.13 Å². The van der Waals surface area contributed by atoms with E-state index < -0.39 is 0 Å². The number of carbonyl (C=O) groups excluding carboxylic acids is 1. The predicted octanol–water partition coefficient (Wildman–Crippen LogP) is 2.39. The van der Waals surface area contributed by atoms with Gasteiger partial charge in [0.15, 0.2) is 4.34 Å². The fraction of sp³-hybridized carbons (Fsp3) is 0.583. The van der Waals surface area contributed by atoms with Gasteiger partial charge in [0, 0.05) is 13.1 Å². The molecule has 0 fully saturated rings. The van der Waals surface area contributed by atoms with Gasteiger partial charge in [0.25, 0.3) is 0 Å². The maximum absolute atomic E-state index is 11.8. The predicted molar refractivity (Wildman–Crippen MR) is 81.8 cm³/mol. The van der Waals surface area contributed by atoms with Gasteiger partial charge in [0.05, 0.1) is 5.25 Å². The van der Waals surface area contributed by atoms with E-state index in [0.29, 0.717) is 19.0 Å². The van der Waals surface area contributed by atoms with Gasteiger partial charge in [0.1, 0.15) is 0 Å². The van der Waals surface area contributed by atoms with Crippen molar-refractivity contribution < 1.29 is 4.79 Å². The Balaban J connectivity index is 2.42. The molecule has 0 aliphatic heterocycles. The Morgan fingerprint density at radius 2 is 2.21 bits per heavy atom. The van der Waals surface area contributed by atoms with Gasteiger partial charge in [-0.05, 0) is 12.8 Å². The standard InChI is InChI=1S/C12H20N4OS2/c1-5-6-13-11-15-16-12(19-11)18-9(4)10(17)14-7-8(2)3/h5,8-9H,1,6-7H2,2-4H3,(H,13,15)(H,14,17). The third-order valence-electron chi connectivity index (χ3n) is 2.14. The van der Waals surface area contributed by atoms with Crippen LogP contribution >= 0.6 is 23.1 Å². The zero-order valence-corrected chi connectivity index (χ0v) is 13.1. The first-order chi connectivity index (χ1) is 9.02. The Morgan fingerprint density at radius 3 is 2.84 bits per heavy atom. The molecule has 1 aromatic rings. The largest absolute Gasteiger partial charge is 0.357 e. The van der Waals surface area contributed by atoms with Gasteiger partial charge in [-0.25, -0.2) is 0 Å². The van der Waals surface area contributed by atoms with Crippen LogP contribution in [0.15, 0.2) is 17.0 Å². The highest BCUT2D eigenvalue weighted by atomic mass is 32.2. The average Bonchev–Trinajstić information content (AvgIpc) is 2.80. The highest BCUT2D eigenvalue weighted by Gasteiger charge is 2.16. The van der Waals surface area contributed by atoms with Crippen LogP contribution in [0.1, 0.15) is 20.8 Å². The molecule has 0 radical (unpaired) electrons. The normalized spacial score (nSPS) is 12.2. The number of hydrogen-bond acceptors (Lipinski definition) is 6. The third-order valence-corrected chi connectivity index (χ3v) is 4.20. The molecule has 1 amide bonds. The molecule has 1 unspecified atom stereocenters. The number of rotatable bonds is 8. The number of hydrogen-bond donors (Lipinski definition) is 2. The lowest BCUT2D eigenvalue weighted by atomic mass is 10.2. The number of aromatic nitrogens is 2. The summed E-state index contributed by atoms with van der Waals surface area (Å²) < 4.78 is 0.791. The Bertz CT molecular complexity index is 420. The first-order valence-electron chi connectivity index (χ1n) is 6.15. The smallest absolute Gasteiger partial charge is 0.233 e. The van der Waals surface area contributed by atoms with Gasteiger partial charge in [-0.15, -0.1) is 16.8 Å². The van der Waals surface area contributed by atoms with Gasteiger partial charge in [-0.1, -0.05) is 43.0 Å². The van der Waals surface area contributed by atoms with Crippen LogP contribution in [0, 0.1) is 5.92 Å². The van der Waals surface area contributed by atoms with Gasteiger partial charge in [-0.3, -0.25) is 4.79 Å². The van der Waals surface area contributed by atoms with Crippen LogP contribution in [-0.2, 0) is 4.79 Å². The molecule has 5 nitrogen and oxygen atoms in total. The van der Waals surface area contributed by atoms with Crippen molar-refractivity contribution in [2.24, 2.45) is 5.92 Å². The molecule has 19 heavy (non-hydrogen) atoms. The molecule has 0 bridgehead atoms. The minimum Gasteiger partial charge on any atom is -0.357 e. The van der Waals surface area contributed by atoms with E-state index in [1.165, 1.54) is 23.1 Å². The molecule has 7 heteroatoms. The van der Waals surface area contributed by atoms with Crippen molar-refractivity contribution in [2.75, 3.05) is 18.4 Å². The number of nitrogens with one attached hydrogen (secondary N) is 2. The summed E-state index contributed by atoms with van der Waals surface area (Å²) in [4.78, 5) is 11.8. The number of amides is 1. The highest BCUT2D eigenvalue weighted by Crippen LogP contribution is 2.28. The number of thioether (sulfide) groups is 1.